The maximum atomic E-state index is 13.1. The minimum atomic E-state index is -0.788. The monoisotopic (exact) mass is 269 g/mol. The Morgan fingerprint density at radius 2 is 2.00 bits per heavy atom. The molecular formula is C14H17F2NO2. The molecule has 0 radical (unpaired) electrons. The van der Waals surface area contributed by atoms with Crippen LogP contribution in [0.25, 0.3) is 0 Å². The number of piperidine rings is 1. The molecule has 1 atom stereocenters. The van der Waals surface area contributed by atoms with E-state index in [9.17, 15) is 13.6 Å². The summed E-state index contributed by atoms with van der Waals surface area (Å²) in [4.78, 5) is 12.8. The number of hydrogen-bond acceptors (Lipinski definition) is 2. The van der Waals surface area contributed by atoms with Crippen molar-refractivity contribution in [2.75, 3.05) is 13.1 Å². The van der Waals surface area contributed by atoms with Crippen LogP contribution in [0.2, 0.25) is 0 Å². The molecule has 1 aromatic rings. The van der Waals surface area contributed by atoms with Gasteiger partial charge in [-0.1, -0.05) is 0 Å². The quantitative estimate of drug-likeness (QED) is 0.913. The lowest BCUT2D eigenvalue weighted by Gasteiger charge is -2.32. The van der Waals surface area contributed by atoms with E-state index in [4.69, 9.17) is 5.11 Å². The van der Waals surface area contributed by atoms with E-state index in [-0.39, 0.29) is 12.3 Å². The van der Waals surface area contributed by atoms with Gasteiger partial charge in [0.2, 0.25) is 0 Å². The van der Waals surface area contributed by atoms with Crippen molar-refractivity contribution >= 4 is 5.97 Å². The average Bonchev–Trinajstić information content (AvgIpc) is 2.26. The first kappa shape index (κ1) is 13.9. The van der Waals surface area contributed by atoms with Gasteiger partial charge in [0, 0.05) is 25.6 Å². The largest absolute Gasteiger partial charge is 0.481 e. The van der Waals surface area contributed by atoms with Gasteiger partial charge in [-0.3, -0.25) is 9.69 Å². The molecule has 1 aromatic carbocycles. The first-order valence-corrected chi connectivity index (χ1v) is 6.42. The number of carbonyl (C=O) groups is 1. The molecule has 1 aliphatic rings. The molecule has 19 heavy (non-hydrogen) atoms. The summed E-state index contributed by atoms with van der Waals surface area (Å²) < 4.78 is 26.2. The maximum Gasteiger partial charge on any atom is 0.303 e. The standard InChI is InChI=1S/C14H17F2NO2/c15-12-4-11(5-13(16)7-12)9-17-3-1-2-10(8-17)6-14(18)19/h4-5,7,10H,1-3,6,8-9H2,(H,18,19). The summed E-state index contributed by atoms with van der Waals surface area (Å²) in [6.07, 6.45) is 1.99. The molecule has 5 heteroatoms. The zero-order valence-corrected chi connectivity index (χ0v) is 10.6. The van der Waals surface area contributed by atoms with Crippen molar-refractivity contribution in [1.82, 2.24) is 4.90 Å². The molecule has 0 saturated carbocycles. The molecular weight excluding hydrogens is 252 g/mol. The third kappa shape index (κ3) is 4.28. The van der Waals surface area contributed by atoms with Crippen LogP contribution in [0, 0.1) is 17.6 Å². The molecule has 1 N–H and O–H groups in total. The molecule has 0 aliphatic carbocycles. The van der Waals surface area contributed by atoms with Crippen molar-refractivity contribution in [2.45, 2.75) is 25.8 Å². The van der Waals surface area contributed by atoms with E-state index in [1.807, 2.05) is 0 Å². The molecule has 0 bridgehead atoms. The average molecular weight is 269 g/mol. The number of carboxylic acid groups (broad SMARTS) is 1. The van der Waals surface area contributed by atoms with E-state index in [2.05, 4.69) is 4.90 Å². The summed E-state index contributed by atoms with van der Waals surface area (Å²) >= 11 is 0. The highest BCUT2D eigenvalue weighted by Crippen LogP contribution is 2.21. The van der Waals surface area contributed by atoms with Crippen LogP contribution in [0.4, 0.5) is 8.78 Å². The van der Waals surface area contributed by atoms with E-state index in [0.717, 1.165) is 25.5 Å². The highest BCUT2D eigenvalue weighted by molar-refractivity contribution is 5.67. The Morgan fingerprint density at radius 3 is 2.63 bits per heavy atom. The van der Waals surface area contributed by atoms with E-state index in [1.165, 1.54) is 12.1 Å². The molecule has 1 aliphatic heterocycles. The summed E-state index contributed by atoms with van der Waals surface area (Å²) in [5.41, 5.74) is 0.591. The number of aliphatic carboxylic acids is 1. The van der Waals surface area contributed by atoms with Gasteiger partial charge in [-0.2, -0.15) is 0 Å². The van der Waals surface area contributed by atoms with Gasteiger partial charge in [0.25, 0.3) is 0 Å². The molecule has 1 saturated heterocycles. The van der Waals surface area contributed by atoms with Crippen LogP contribution in [-0.4, -0.2) is 29.1 Å². The Hall–Kier alpha value is -1.49. The molecule has 0 aromatic heterocycles. The number of carboxylic acids is 1. The molecule has 1 unspecified atom stereocenters. The predicted molar refractivity (Wildman–Crippen MR) is 66.6 cm³/mol. The Labute approximate surface area is 110 Å². The summed E-state index contributed by atoms with van der Waals surface area (Å²) in [7, 11) is 0. The van der Waals surface area contributed by atoms with Crippen LogP contribution >= 0.6 is 0 Å². The van der Waals surface area contributed by atoms with Crippen LogP contribution in [0.1, 0.15) is 24.8 Å². The normalized spacial score (nSPS) is 20.4. The van der Waals surface area contributed by atoms with Crippen molar-refractivity contribution in [3.8, 4) is 0 Å². The van der Waals surface area contributed by atoms with Crippen molar-refractivity contribution in [1.29, 1.82) is 0 Å². The Kier molecular flexibility index (Phi) is 4.47. The molecule has 0 amide bonds. The van der Waals surface area contributed by atoms with E-state index >= 15 is 0 Å². The van der Waals surface area contributed by atoms with Crippen molar-refractivity contribution in [2.24, 2.45) is 5.92 Å². The van der Waals surface area contributed by atoms with Crippen LogP contribution in [0.3, 0.4) is 0 Å². The van der Waals surface area contributed by atoms with Crippen molar-refractivity contribution in [3.05, 3.63) is 35.4 Å². The first-order valence-electron chi connectivity index (χ1n) is 6.42. The fourth-order valence-electron chi connectivity index (χ4n) is 2.67. The number of rotatable bonds is 4. The second-order valence-corrected chi connectivity index (χ2v) is 5.12. The van der Waals surface area contributed by atoms with Gasteiger partial charge in [0.1, 0.15) is 11.6 Å². The second kappa shape index (κ2) is 6.10. The van der Waals surface area contributed by atoms with Crippen molar-refractivity contribution in [3.63, 3.8) is 0 Å². The van der Waals surface area contributed by atoms with Crippen LogP contribution in [0.5, 0.6) is 0 Å². The van der Waals surface area contributed by atoms with Gasteiger partial charge in [0.15, 0.2) is 0 Å². The number of benzene rings is 1. The fraction of sp³-hybridized carbons (Fsp3) is 0.500. The zero-order chi connectivity index (χ0) is 13.8. The molecule has 1 heterocycles. The smallest absolute Gasteiger partial charge is 0.303 e. The molecule has 3 nitrogen and oxygen atoms in total. The third-order valence-electron chi connectivity index (χ3n) is 3.39. The Morgan fingerprint density at radius 1 is 1.32 bits per heavy atom. The molecule has 1 fully saturated rings. The highest BCUT2D eigenvalue weighted by atomic mass is 19.1. The van der Waals surface area contributed by atoms with Gasteiger partial charge in [-0.05, 0) is 43.0 Å². The highest BCUT2D eigenvalue weighted by Gasteiger charge is 2.22. The van der Waals surface area contributed by atoms with Gasteiger partial charge < -0.3 is 5.11 Å². The van der Waals surface area contributed by atoms with Crippen LogP contribution in [-0.2, 0) is 11.3 Å². The van der Waals surface area contributed by atoms with E-state index in [1.54, 1.807) is 0 Å². The molecule has 104 valence electrons. The van der Waals surface area contributed by atoms with Gasteiger partial charge >= 0.3 is 5.97 Å². The van der Waals surface area contributed by atoms with Crippen LogP contribution in [0.15, 0.2) is 18.2 Å². The SMILES string of the molecule is O=C(O)CC1CCCN(Cc2cc(F)cc(F)c2)C1. The van der Waals surface area contributed by atoms with Gasteiger partial charge in [-0.15, -0.1) is 0 Å². The number of halogens is 2. The Bertz CT molecular complexity index is 445. The van der Waals surface area contributed by atoms with Gasteiger partial charge in [0.05, 0.1) is 0 Å². The number of nitrogens with zero attached hydrogens (tertiary/aromatic N) is 1. The summed E-state index contributed by atoms with van der Waals surface area (Å²) in [5, 5.41) is 8.80. The minimum Gasteiger partial charge on any atom is -0.481 e. The minimum absolute atomic E-state index is 0.129. The summed E-state index contributed by atoms with van der Waals surface area (Å²) in [6, 6.07) is 3.50. The molecule has 0 spiro atoms. The topological polar surface area (TPSA) is 40.5 Å². The third-order valence-corrected chi connectivity index (χ3v) is 3.39. The van der Waals surface area contributed by atoms with Gasteiger partial charge in [-0.25, -0.2) is 8.78 Å². The van der Waals surface area contributed by atoms with Crippen LogP contribution < -0.4 is 0 Å². The molecule has 2 rings (SSSR count). The predicted octanol–water partition coefficient (Wildman–Crippen LogP) is 2.65. The second-order valence-electron chi connectivity index (χ2n) is 5.12. The number of hydrogen-bond donors (Lipinski definition) is 1. The summed E-state index contributed by atoms with van der Waals surface area (Å²) in [6.45, 7) is 1.98. The summed E-state index contributed by atoms with van der Waals surface area (Å²) in [5.74, 6) is -1.81. The van der Waals surface area contributed by atoms with Crippen molar-refractivity contribution < 1.29 is 18.7 Å². The maximum absolute atomic E-state index is 13.1. The van der Waals surface area contributed by atoms with E-state index in [0.29, 0.717) is 18.7 Å². The lowest BCUT2D eigenvalue weighted by atomic mass is 9.94. The lowest BCUT2D eigenvalue weighted by molar-refractivity contribution is -0.138. The zero-order valence-electron chi connectivity index (χ0n) is 10.6. The number of likely N-dealkylation sites (tertiary alicyclic amines) is 1. The Balaban J connectivity index is 1.96. The lowest BCUT2D eigenvalue weighted by Crippen LogP contribution is -2.35. The first-order chi connectivity index (χ1) is 9.02. The fourth-order valence-corrected chi connectivity index (χ4v) is 2.67. The van der Waals surface area contributed by atoms with E-state index < -0.39 is 17.6 Å².